The molecule has 8 nitrogen and oxygen atoms in total. The zero-order chi connectivity index (χ0) is 19.7. The van der Waals surface area contributed by atoms with Gasteiger partial charge < -0.3 is 10.6 Å². The fraction of sp³-hybridized carbons (Fsp3) is 0.105. The molecule has 0 spiro atoms. The normalized spacial score (nSPS) is 10.9. The topological polar surface area (TPSA) is 106 Å². The summed E-state index contributed by atoms with van der Waals surface area (Å²) in [7, 11) is 0. The maximum Gasteiger partial charge on any atom is 0.269 e. The number of benzene rings is 2. The molecule has 9 heteroatoms. The van der Waals surface area contributed by atoms with E-state index in [1.807, 2.05) is 6.07 Å². The number of anilines is 2. The van der Waals surface area contributed by atoms with Gasteiger partial charge in [0.15, 0.2) is 5.13 Å². The molecule has 140 valence electrons. The van der Waals surface area contributed by atoms with Gasteiger partial charge in [0.1, 0.15) is 6.54 Å². The standard InChI is InChI=1S/C19H15N5O3S/c1-11(25)21-12-6-7-14-16(8-12)28-19(22-14)23-17(26)10-24-15-5-3-2-4-13(15)20-9-18(24)27/h2-9H,10H2,1H3,(H,21,25)(H,22,23,26). The van der Waals surface area contributed by atoms with Crippen molar-refractivity contribution in [2.45, 2.75) is 13.5 Å². The van der Waals surface area contributed by atoms with Gasteiger partial charge >= 0.3 is 0 Å². The summed E-state index contributed by atoms with van der Waals surface area (Å²) in [5, 5.41) is 5.87. The number of carbonyl (C=O) groups is 2. The van der Waals surface area contributed by atoms with Gasteiger partial charge in [-0.25, -0.2) is 9.97 Å². The number of rotatable bonds is 4. The van der Waals surface area contributed by atoms with E-state index in [0.29, 0.717) is 27.4 Å². The molecular weight excluding hydrogens is 378 g/mol. The van der Waals surface area contributed by atoms with Crippen molar-refractivity contribution in [3.05, 3.63) is 59.0 Å². The lowest BCUT2D eigenvalue weighted by molar-refractivity contribution is -0.117. The molecule has 0 aliphatic heterocycles. The van der Waals surface area contributed by atoms with Gasteiger partial charge in [-0.2, -0.15) is 0 Å². The minimum Gasteiger partial charge on any atom is -0.326 e. The number of fused-ring (bicyclic) bond motifs is 2. The van der Waals surface area contributed by atoms with Crippen molar-refractivity contribution >= 4 is 55.2 Å². The van der Waals surface area contributed by atoms with Crippen LogP contribution in [-0.2, 0) is 16.1 Å². The van der Waals surface area contributed by atoms with Crippen molar-refractivity contribution in [3.8, 4) is 0 Å². The first-order valence-corrected chi connectivity index (χ1v) is 9.24. The van der Waals surface area contributed by atoms with Crippen molar-refractivity contribution < 1.29 is 9.59 Å². The van der Waals surface area contributed by atoms with E-state index in [0.717, 1.165) is 4.70 Å². The first-order valence-electron chi connectivity index (χ1n) is 8.42. The molecule has 2 N–H and O–H groups in total. The van der Waals surface area contributed by atoms with Gasteiger partial charge in [-0.1, -0.05) is 23.5 Å². The Labute approximate surface area is 162 Å². The number of carbonyl (C=O) groups excluding carboxylic acids is 2. The van der Waals surface area contributed by atoms with Crippen LogP contribution in [0.1, 0.15) is 6.92 Å². The van der Waals surface area contributed by atoms with Crippen LogP contribution >= 0.6 is 11.3 Å². The highest BCUT2D eigenvalue weighted by atomic mass is 32.1. The largest absolute Gasteiger partial charge is 0.326 e. The molecule has 0 radical (unpaired) electrons. The van der Waals surface area contributed by atoms with E-state index in [1.54, 1.807) is 36.4 Å². The number of nitrogens with one attached hydrogen (secondary N) is 2. The van der Waals surface area contributed by atoms with Crippen LogP contribution < -0.4 is 16.2 Å². The van der Waals surface area contributed by atoms with Gasteiger partial charge in [0, 0.05) is 12.6 Å². The molecule has 0 aliphatic carbocycles. The van der Waals surface area contributed by atoms with Gasteiger partial charge in [-0.05, 0) is 30.3 Å². The van der Waals surface area contributed by atoms with Crippen molar-refractivity contribution in [1.82, 2.24) is 14.5 Å². The summed E-state index contributed by atoms with van der Waals surface area (Å²) < 4.78 is 2.20. The maximum atomic E-state index is 12.5. The van der Waals surface area contributed by atoms with Gasteiger partial charge in [0.05, 0.1) is 27.4 Å². The molecule has 2 amide bonds. The molecule has 28 heavy (non-hydrogen) atoms. The Morgan fingerprint density at radius 1 is 1.11 bits per heavy atom. The van der Waals surface area contributed by atoms with E-state index in [4.69, 9.17) is 0 Å². The summed E-state index contributed by atoms with van der Waals surface area (Å²) in [6.45, 7) is 1.29. The highest BCUT2D eigenvalue weighted by molar-refractivity contribution is 7.22. The lowest BCUT2D eigenvalue weighted by Gasteiger charge is -2.08. The maximum absolute atomic E-state index is 12.5. The average molecular weight is 393 g/mol. The summed E-state index contributed by atoms with van der Waals surface area (Å²) in [6.07, 6.45) is 1.21. The van der Waals surface area contributed by atoms with Crippen molar-refractivity contribution in [2.75, 3.05) is 10.6 Å². The third kappa shape index (κ3) is 3.60. The van der Waals surface area contributed by atoms with Crippen LogP contribution in [0, 0.1) is 0 Å². The number of aromatic nitrogens is 3. The molecule has 2 aromatic carbocycles. The van der Waals surface area contributed by atoms with E-state index in [1.165, 1.54) is 29.0 Å². The van der Waals surface area contributed by atoms with Crippen molar-refractivity contribution in [1.29, 1.82) is 0 Å². The number of para-hydroxylation sites is 2. The van der Waals surface area contributed by atoms with Crippen LogP contribution in [0.4, 0.5) is 10.8 Å². The molecule has 2 aromatic heterocycles. The average Bonchev–Trinajstić information content (AvgIpc) is 3.05. The fourth-order valence-corrected chi connectivity index (χ4v) is 3.76. The lowest BCUT2D eigenvalue weighted by Crippen LogP contribution is -2.27. The molecular formula is C19H15N5O3S. The van der Waals surface area contributed by atoms with E-state index < -0.39 is 0 Å². The van der Waals surface area contributed by atoms with Gasteiger partial charge in [-0.3, -0.25) is 19.0 Å². The first kappa shape index (κ1) is 17.8. The number of amides is 2. The molecule has 2 heterocycles. The Balaban J connectivity index is 1.57. The molecule has 0 bridgehead atoms. The monoisotopic (exact) mass is 393 g/mol. The number of nitrogens with zero attached hydrogens (tertiary/aromatic N) is 3. The minimum atomic E-state index is -0.361. The Morgan fingerprint density at radius 2 is 1.93 bits per heavy atom. The van der Waals surface area contributed by atoms with Crippen LogP contribution in [0.25, 0.3) is 21.3 Å². The Bertz CT molecular complexity index is 1280. The van der Waals surface area contributed by atoms with Crippen LogP contribution in [-0.4, -0.2) is 26.3 Å². The first-order chi connectivity index (χ1) is 13.5. The summed E-state index contributed by atoms with van der Waals surface area (Å²) in [6, 6.07) is 12.5. The number of hydrogen-bond acceptors (Lipinski definition) is 6. The van der Waals surface area contributed by atoms with Gasteiger partial charge in [-0.15, -0.1) is 0 Å². The van der Waals surface area contributed by atoms with Crippen LogP contribution in [0.5, 0.6) is 0 Å². The SMILES string of the molecule is CC(=O)Nc1ccc2nc(NC(=O)Cn3c(=O)cnc4ccccc43)sc2c1. The van der Waals surface area contributed by atoms with Crippen LogP contribution in [0.3, 0.4) is 0 Å². The second-order valence-corrected chi connectivity index (χ2v) is 7.13. The van der Waals surface area contributed by atoms with Crippen molar-refractivity contribution in [3.63, 3.8) is 0 Å². The molecule has 0 atom stereocenters. The summed E-state index contributed by atoms with van der Waals surface area (Å²) in [4.78, 5) is 44.3. The van der Waals surface area contributed by atoms with Crippen LogP contribution in [0.15, 0.2) is 53.5 Å². The molecule has 0 fully saturated rings. The zero-order valence-corrected chi connectivity index (χ0v) is 15.6. The Hall–Kier alpha value is -3.59. The molecule has 4 rings (SSSR count). The van der Waals surface area contributed by atoms with Gasteiger partial charge in [0.25, 0.3) is 5.56 Å². The summed E-state index contributed by atoms with van der Waals surface area (Å²) in [5.41, 5.74) is 2.25. The third-order valence-electron chi connectivity index (χ3n) is 4.01. The Kier molecular flexibility index (Phi) is 4.58. The second-order valence-electron chi connectivity index (χ2n) is 6.10. The second kappa shape index (κ2) is 7.20. The van der Waals surface area contributed by atoms with Crippen molar-refractivity contribution in [2.24, 2.45) is 0 Å². The lowest BCUT2D eigenvalue weighted by atomic mass is 10.3. The predicted octanol–water partition coefficient (Wildman–Crippen LogP) is 2.60. The third-order valence-corrected chi connectivity index (χ3v) is 4.94. The molecule has 0 unspecified atom stereocenters. The molecule has 0 aliphatic rings. The molecule has 0 saturated carbocycles. The van der Waals surface area contributed by atoms with E-state index in [9.17, 15) is 14.4 Å². The summed E-state index contributed by atoms with van der Waals surface area (Å²) >= 11 is 1.29. The summed E-state index contributed by atoms with van der Waals surface area (Å²) in [5.74, 6) is -0.521. The highest BCUT2D eigenvalue weighted by Gasteiger charge is 2.12. The quantitative estimate of drug-likeness (QED) is 0.554. The van der Waals surface area contributed by atoms with E-state index in [2.05, 4.69) is 20.6 Å². The van der Waals surface area contributed by atoms with E-state index in [-0.39, 0.29) is 23.9 Å². The van der Waals surface area contributed by atoms with Gasteiger partial charge in [0.2, 0.25) is 11.8 Å². The number of thiazole rings is 1. The van der Waals surface area contributed by atoms with E-state index >= 15 is 0 Å². The fourth-order valence-electron chi connectivity index (χ4n) is 2.84. The highest BCUT2D eigenvalue weighted by Crippen LogP contribution is 2.28. The zero-order valence-electron chi connectivity index (χ0n) is 14.8. The molecule has 0 saturated heterocycles. The smallest absolute Gasteiger partial charge is 0.269 e. The minimum absolute atomic E-state index is 0.144. The molecule has 4 aromatic rings. The Morgan fingerprint density at radius 3 is 2.75 bits per heavy atom. The van der Waals surface area contributed by atoms with Crippen LogP contribution in [0.2, 0.25) is 0 Å². The predicted molar refractivity (Wildman–Crippen MR) is 109 cm³/mol. The number of hydrogen-bond donors (Lipinski definition) is 2.